The number of carboxylic acids is 1. The van der Waals surface area contributed by atoms with E-state index in [1.807, 2.05) is 47.8 Å². The lowest BCUT2D eigenvalue weighted by Crippen LogP contribution is -2.39. The van der Waals surface area contributed by atoms with Gasteiger partial charge in [0.1, 0.15) is 6.61 Å². The Bertz CT molecular complexity index is 1360. The Hall–Kier alpha value is -3.46. The molecule has 6 rings (SSSR count). The van der Waals surface area contributed by atoms with Crippen LogP contribution in [0, 0.1) is 11.8 Å². The van der Waals surface area contributed by atoms with Crippen LogP contribution < -0.4 is 14.5 Å². The normalized spacial score (nSPS) is 17.9. The molecule has 1 aliphatic heterocycles. The number of carbonyl (C=O) groups is 2. The minimum atomic E-state index is -0.912. The highest BCUT2D eigenvalue weighted by atomic mass is 32.1. The van der Waals surface area contributed by atoms with Crippen molar-refractivity contribution in [2.45, 2.75) is 57.4 Å². The van der Waals surface area contributed by atoms with Crippen molar-refractivity contribution in [1.82, 2.24) is 9.97 Å². The molecule has 204 valence electrons. The zero-order chi connectivity index (χ0) is 26.9. The quantitative estimate of drug-likeness (QED) is 0.359. The van der Waals surface area contributed by atoms with Gasteiger partial charge in [-0.2, -0.15) is 0 Å². The van der Waals surface area contributed by atoms with Gasteiger partial charge in [-0.15, -0.1) is 11.3 Å². The molecule has 1 atom stereocenters. The van der Waals surface area contributed by atoms with E-state index in [0.29, 0.717) is 24.1 Å². The van der Waals surface area contributed by atoms with Crippen LogP contribution in [0.4, 0.5) is 10.9 Å². The lowest BCUT2D eigenvalue weighted by Gasteiger charge is -2.26. The fourth-order valence-corrected chi connectivity index (χ4v) is 6.82. The molecule has 1 amide bonds. The molecule has 0 saturated heterocycles. The van der Waals surface area contributed by atoms with Gasteiger partial charge in [0, 0.05) is 41.7 Å². The molecular weight excluding hydrogens is 512 g/mol. The van der Waals surface area contributed by atoms with E-state index in [2.05, 4.69) is 16.0 Å². The highest BCUT2D eigenvalue weighted by Crippen LogP contribution is 2.41. The predicted octanol–water partition coefficient (Wildman–Crippen LogP) is 5.87. The number of amides is 1. The summed E-state index contributed by atoms with van der Waals surface area (Å²) in [7, 11) is 2.01. The van der Waals surface area contributed by atoms with E-state index in [0.717, 1.165) is 66.2 Å². The molecule has 2 aliphatic carbocycles. The van der Waals surface area contributed by atoms with Crippen molar-refractivity contribution in [3.8, 4) is 28.1 Å². The van der Waals surface area contributed by atoms with E-state index < -0.39 is 11.9 Å². The summed E-state index contributed by atoms with van der Waals surface area (Å²) < 4.78 is 5.89. The van der Waals surface area contributed by atoms with Crippen molar-refractivity contribution < 1.29 is 19.4 Å². The number of likely N-dealkylation sites (N-methyl/N-ethyl adjacent to an activating group) is 1. The fourth-order valence-electron chi connectivity index (χ4n) is 5.92. The molecule has 0 bridgehead atoms. The second-order valence-corrected chi connectivity index (χ2v) is 11.8. The number of aromatic nitrogens is 2. The molecule has 1 N–H and O–H groups in total. The molecule has 3 aliphatic rings. The van der Waals surface area contributed by atoms with E-state index in [1.54, 1.807) is 0 Å². The first kappa shape index (κ1) is 25.8. The zero-order valence-electron chi connectivity index (χ0n) is 22.2. The summed E-state index contributed by atoms with van der Waals surface area (Å²) in [5.41, 5.74) is 3.70. The number of aliphatic carboxylic acids is 1. The highest BCUT2D eigenvalue weighted by molar-refractivity contribution is 7.14. The van der Waals surface area contributed by atoms with Crippen molar-refractivity contribution in [2.24, 2.45) is 11.8 Å². The molecule has 39 heavy (non-hydrogen) atoms. The summed E-state index contributed by atoms with van der Waals surface area (Å²) in [4.78, 5) is 39.1. The molecule has 0 radical (unpaired) electrons. The van der Waals surface area contributed by atoms with Crippen molar-refractivity contribution in [2.75, 3.05) is 30.0 Å². The van der Waals surface area contributed by atoms with Crippen LogP contribution in [0.5, 0.6) is 5.75 Å². The van der Waals surface area contributed by atoms with Gasteiger partial charge in [0.25, 0.3) is 0 Å². The topological polar surface area (TPSA) is 95.9 Å². The monoisotopic (exact) mass is 546 g/mol. The summed E-state index contributed by atoms with van der Waals surface area (Å²) in [5.74, 6) is 0.543. The Kier molecular flexibility index (Phi) is 7.25. The van der Waals surface area contributed by atoms with Crippen LogP contribution in [0.1, 0.15) is 51.4 Å². The lowest BCUT2D eigenvalue weighted by atomic mass is 9.90. The van der Waals surface area contributed by atoms with Gasteiger partial charge in [-0.1, -0.05) is 49.9 Å². The van der Waals surface area contributed by atoms with E-state index in [4.69, 9.17) is 9.72 Å². The van der Waals surface area contributed by atoms with Crippen LogP contribution in [0.2, 0.25) is 0 Å². The number of anilines is 2. The summed E-state index contributed by atoms with van der Waals surface area (Å²) in [6.07, 6.45) is 8.76. The second-order valence-electron chi connectivity index (χ2n) is 11.0. The van der Waals surface area contributed by atoms with Crippen molar-refractivity contribution in [1.29, 1.82) is 0 Å². The van der Waals surface area contributed by atoms with Gasteiger partial charge in [-0.25, -0.2) is 9.97 Å². The first-order valence-electron chi connectivity index (χ1n) is 13.9. The fraction of sp³-hybridized carbons (Fsp3) is 0.467. The van der Waals surface area contributed by atoms with E-state index in [9.17, 15) is 14.7 Å². The standard InChI is InChI=1S/C30H34N4O4S/c1-33-12-13-38-26-15-21(17-31-28(26)33)23-8-4-5-9-24(23)25-18-39-30(32-25)34(22-10-11-22)29(37)20(16-27(35)36)14-19-6-2-3-7-19/h4-5,8-9,15,17-20,22H,2-3,6-7,10-14,16H2,1H3,(H,35,36). The third-order valence-corrected chi connectivity index (χ3v) is 8.94. The number of carboxylic acid groups (broad SMARTS) is 1. The third-order valence-electron chi connectivity index (χ3n) is 8.10. The molecule has 2 aromatic heterocycles. The molecule has 8 nitrogen and oxygen atoms in total. The molecule has 3 aromatic rings. The van der Waals surface area contributed by atoms with Crippen LogP contribution in [0.15, 0.2) is 41.9 Å². The summed E-state index contributed by atoms with van der Waals surface area (Å²) in [5, 5.41) is 12.2. The average molecular weight is 547 g/mol. The Morgan fingerprint density at radius 1 is 1.18 bits per heavy atom. The third kappa shape index (κ3) is 5.50. The maximum atomic E-state index is 13.8. The van der Waals surface area contributed by atoms with E-state index >= 15 is 0 Å². The van der Waals surface area contributed by atoms with Gasteiger partial charge in [0.05, 0.1) is 18.7 Å². The number of thiazole rings is 1. The Morgan fingerprint density at radius 3 is 2.69 bits per heavy atom. The molecule has 9 heteroatoms. The molecule has 1 aromatic carbocycles. The van der Waals surface area contributed by atoms with Gasteiger partial charge in [0.2, 0.25) is 5.91 Å². The number of hydrogen-bond donors (Lipinski definition) is 1. The van der Waals surface area contributed by atoms with Crippen LogP contribution >= 0.6 is 11.3 Å². The van der Waals surface area contributed by atoms with Crippen LogP contribution in [-0.2, 0) is 9.59 Å². The van der Waals surface area contributed by atoms with E-state index in [1.165, 1.54) is 24.2 Å². The summed E-state index contributed by atoms with van der Waals surface area (Å²) >= 11 is 1.45. The van der Waals surface area contributed by atoms with Gasteiger partial charge < -0.3 is 14.7 Å². The maximum absolute atomic E-state index is 13.8. The number of nitrogens with zero attached hydrogens (tertiary/aromatic N) is 4. The van der Waals surface area contributed by atoms with Gasteiger partial charge >= 0.3 is 5.97 Å². The first-order chi connectivity index (χ1) is 19.0. The minimum Gasteiger partial charge on any atom is -0.488 e. The summed E-state index contributed by atoms with van der Waals surface area (Å²) in [6, 6.07) is 10.2. The molecule has 2 fully saturated rings. The number of ether oxygens (including phenoxy) is 1. The molecule has 1 unspecified atom stereocenters. The Labute approximate surface area is 232 Å². The lowest BCUT2D eigenvalue weighted by molar-refractivity contribution is -0.141. The van der Waals surface area contributed by atoms with E-state index in [-0.39, 0.29) is 18.4 Å². The van der Waals surface area contributed by atoms with Crippen LogP contribution in [0.3, 0.4) is 0 Å². The molecule has 3 heterocycles. The zero-order valence-corrected chi connectivity index (χ0v) is 23.0. The SMILES string of the molecule is CN1CCOc2cc(-c3ccccc3-c3csc(N(C(=O)C(CC(=O)O)CC4CCCC4)C4CC4)n3)cnc21. The van der Waals surface area contributed by atoms with Crippen molar-refractivity contribution in [3.63, 3.8) is 0 Å². The van der Waals surface area contributed by atoms with Crippen LogP contribution in [0.25, 0.3) is 22.4 Å². The van der Waals surface area contributed by atoms with Gasteiger partial charge in [-0.05, 0) is 36.8 Å². The Morgan fingerprint density at radius 2 is 1.95 bits per heavy atom. The predicted molar refractivity (Wildman–Crippen MR) is 152 cm³/mol. The average Bonchev–Trinajstić information content (AvgIpc) is 3.40. The molecule has 0 spiro atoms. The molecular formula is C30H34N4O4S. The second kappa shape index (κ2) is 11.0. The number of fused-ring (bicyclic) bond motifs is 1. The van der Waals surface area contributed by atoms with Gasteiger partial charge in [-0.3, -0.25) is 14.5 Å². The number of hydrogen-bond acceptors (Lipinski definition) is 7. The number of benzene rings is 1. The number of pyridine rings is 1. The van der Waals surface area contributed by atoms with Crippen molar-refractivity contribution >= 4 is 34.2 Å². The number of carbonyl (C=O) groups excluding carboxylic acids is 1. The smallest absolute Gasteiger partial charge is 0.304 e. The van der Waals surface area contributed by atoms with Crippen molar-refractivity contribution in [3.05, 3.63) is 41.9 Å². The highest BCUT2D eigenvalue weighted by Gasteiger charge is 2.40. The van der Waals surface area contributed by atoms with Crippen LogP contribution in [-0.4, -0.2) is 53.2 Å². The summed E-state index contributed by atoms with van der Waals surface area (Å²) in [6.45, 7) is 1.43. The molecule has 2 saturated carbocycles. The minimum absolute atomic E-state index is 0.0823. The van der Waals surface area contributed by atoms with Gasteiger partial charge in [0.15, 0.2) is 16.7 Å². The maximum Gasteiger partial charge on any atom is 0.304 e. The Balaban J connectivity index is 1.29. The first-order valence-corrected chi connectivity index (χ1v) is 14.8. The number of rotatable bonds is 9. The largest absolute Gasteiger partial charge is 0.488 e.